The van der Waals surface area contributed by atoms with E-state index in [0.717, 1.165) is 11.1 Å². The molecule has 0 spiro atoms. The summed E-state index contributed by atoms with van der Waals surface area (Å²) in [7, 11) is 1.43. The van der Waals surface area contributed by atoms with Crippen molar-refractivity contribution in [1.82, 2.24) is 9.88 Å². The zero-order chi connectivity index (χ0) is 18.4. The number of ether oxygens (including phenoxy) is 1. The first-order valence-electron chi connectivity index (χ1n) is 8.31. The van der Waals surface area contributed by atoms with Crippen LogP contribution in [0.2, 0.25) is 0 Å². The van der Waals surface area contributed by atoms with Crippen LogP contribution < -0.4 is 15.6 Å². The summed E-state index contributed by atoms with van der Waals surface area (Å²) in [5, 5.41) is 3.02. The zero-order valence-corrected chi connectivity index (χ0v) is 14.5. The topological polar surface area (TPSA) is 60.3 Å². The fourth-order valence-corrected chi connectivity index (χ4v) is 2.81. The summed E-state index contributed by atoms with van der Waals surface area (Å²) in [6.45, 7) is -0.0772. The molecule has 0 saturated heterocycles. The molecule has 1 amide bonds. The van der Waals surface area contributed by atoms with E-state index in [1.165, 1.54) is 11.7 Å². The Balaban J connectivity index is 1.84. The van der Waals surface area contributed by atoms with Gasteiger partial charge in [0.15, 0.2) is 5.75 Å². The maximum Gasteiger partial charge on any atom is 0.293 e. The molecule has 0 fully saturated rings. The fraction of sp³-hybridized carbons (Fsp3) is 0.143. The minimum Gasteiger partial charge on any atom is -0.491 e. The molecule has 3 aromatic rings. The Kier molecular flexibility index (Phi) is 5.49. The van der Waals surface area contributed by atoms with Crippen molar-refractivity contribution in [3.63, 3.8) is 0 Å². The number of methoxy groups -OCH3 is 1. The largest absolute Gasteiger partial charge is 0.491 e. The van der Waals surface area contributed by atoms with Crippen LogP contribution in [0, 0.1) is 0 Å². The molecule has 1 N–H and O–H groups in total. The smallest absolute Gasteiger partial charge is 0.293 e. The van der Waals surface area contributed by atoms with Crippen LogP contribution >= 0.6 is 0 Å². The molecular weight excluding hydrogens is 328 g/mol. The number of carbonyl (C=O) groups is 1. The number of nitrogens with zero attached hydrogens (tertiary/aromatic N) is 1. The Labute approximate surface area is 151 Å². The van der Waals surface area contributed by atoms with Crippen LogP contribution in [0.25, 0.3) is 0 Å². The normalized spacial score (nSPS) is 10.5. The lowest BCUT2D eigenvalue weighted by Crippen LogP contribution is -2.35. The van der Waals surface area contributed by atoms with Gasteiger partial charge >= 0.3 is 0 Å². The van der Waals surface area contributed by atoms with Gasteiger partial charge in [0.05, 0.1) is 13.2 Å². The second kappa shape index (κ2) is 8.16. The first-order valence-corrected chi connectivity index (χ1v) is 8.31. The van der Waals surface area contributed by atoms with Crippen molar-refractivity contribution in [3.8, 4) is 5.75 Å². The van der Waals surface area contributed by atoms with Gasteiger partial charge in [0.2, 0.25) is 5.91 Å². The first-order chi connectivity index (χ1) is 12.7. The Morgan fingerprint density at radius 1 is 0.962 bits per heavy atom. The lowest BCUT2D eigenvalue weighted by atomic mass is 9.99. The van der Waals surface area contributed by atoms with Gasteiger partial charge < -0.3 is 14.6 Å². The van der Waals surface area contributed by atoms with Gasteiger partial charge in [-0.05, 0) is 23.3 Å². The molecule has 1 heterocycles. The molecule has 3 rings (SSSR count). The second-order valence-corrected chi connectivity index (χ2v) is 5.83. The lowest BCUT2D eigenvalue weighted by Gasteiger charge is -2.20. The Hall–Kier alpha value is -3.34. The van der Waals surface area contributed by atoms with E-state index >= 15 is 0 Å². The van der Waals surface area contributed by atoms with Gasteiger partial charge in [-0.3, -0.25) is 9.59 Å². The first kappa shape index (κ1) is 17.5. The summed E-state index contributed by atoms with van der Waals surface area (Å²) in [5.74, 6) is -0.0407. The summed E-state index contributed by atoms with van der Waals surface area (Å²) in [5.41, 5.74) is 1.62. The third kappa shape index (κ3) is 4.00. The molecule has 0 aliphatic heterocycles. The number of hydrogen-bond acceptors (Lipinski definition) is 3. The highest BCUT2D eigenvalue weighted by Crippen LogP contribution is 2.21. The molecule has 0 saturated carbocycles. The van der Waals surface area contributed by atoms with Crippen LogP contribution in [0.15, 0.2) is 83.8 Å². The number of benzene rings is 2. The summed E-state index contributed by atoms with van der Waals surface area (Å²) in [4.78, 5) is 24.8. The number of hydrogen-bond donors (Lipinski definition) is 1. The van der Waals surface area contributed by atoms with E-state index in [-0.39, 0.29) is 29.8 Å². The third-order valence-corrected chi connectivity index (χ3v) is 4.09. The fourth-order valence-electron chi connectivity index (χ4n) is 2.81. The Morgan fingerprint density at radius 3 is 2.08 bits per heavy atom. The average molecular weight is 348 g/mol. The van der Waals surface area contributed by atoms with Crippen molar-refractivity contribution in [3.05, 3.63) is 100 Å². The van der Waals surface area contributed by atoms with E-state index < -0.39 is 0 Å². The van der Waals surface area contributed by atoms with Crippen LogP contribution in [-0.2, 0) is 11.3 Å². The van der Waals surface area contributed by atoms with E-state index in [4.69, 9.17) is 4.74 Å². The molecule has 2 aromatic carbocycles. The van der Waals surface area contributed by atoms with Gasteiger partial charge in [-0.15, -0.1) is 0 Å². The highest BCUT2D eigenvalue weighted by Gasteiger charge is 2.17. The molecule has 5 heteroatoms. The molecule has 0 atom stereocenters. The number of rotatable bonds is 6. The summed E-state index contributed by atoms with van der Waals surface area (Å²) < 4.78 is 6.36. The maximum atomic E-state index is 12.6. The zero-order valence-electron chi connectivity index (χ0n) is 14.5. The van der Waals surface area contributed by atoms with Crippen LogP contribution in [0.4, 0.5) is 0 Å². The van der Waals surface area contributed by atoms with Gasteiger partial charge in [-0.1, -0.05) is 60.7 Å². The van der Waals surface area contributed by atoms with Crippen molar-refractivity contribution >= 4 is 5.91 Å². The number of amides is 1. The molecule has 26 heavy (non-hydrogen) atoms. The highest BCUT2D eigenvalue weighted by atomic mass is 16.5. The number of pyridine rings is 1. The molecule has 0 radical (unpaired) electrons. The standard InChI is InChI=1S/C21H20N2O3/c1-26-18-13-8-14-23(21(18)25)15-19(24)22-20(16-9-4-2-5-10-16)17-11-6-3-7-12-17/h2-14,20H,15H2,1H3,(H,22,24). The van der Waals surface area contributed by atoms with E-state index in [1.807, 2.05) is 60.7 Å². The summed E-state index contributed by atoms with van der Waals surface area (Å²) in [6, 6.07) is 22.4. The van der Waals surface area contributed by atoms with Crippen molar-refractivity contribution in [2.24, 2.45) is 0 Å². The molecule has 1 aromatic heterocycles. The molecule has 0 aliphatic rings. The molecule has 0 aliphatic carbocycles. The molecule has 5 nitrogen and oxygen atoms in total. The van der Waals surface area contributed by atoms with E-state index in [1.54, 1.807) is 18.3 Å². The number of aromatic nitrogens is 1. The molecule has 132 valence electrons. The second-order valence-electron chi connectivity index (χ2n) is 5.83. The van der Waals surface area contributed by atoms with Crippen LogP contribution in [-0.4, -0.2) is 17.6 Å². The van der Waals surface area contributed by atoms with Crippen LogP contribution in [0.5, 0.6) is 5.75 Å². The van der Waals surface area contributed by atoms with E-state index in [2.05, 4.69) is 5.32 Å². The minimum atomic E-state index is -0.332. The number of carbonyl (C=O) groups excluding carboxylic acids is 1. The molecular formula is C21H20N2O3. The van der Waals surface area contributed by atoms with Crippen molar-refractivity contribution < 1.29 is 9.53 Å². The van der Waals surface area contributed by atoms with Crippen molar-refractivity contribution in [1.29, 1.82) is 0 Å². The predicted octanol–water partition coefficient (Wildman–Crippen LogP) is 2.76. The van der Waals surface area contributed by atoms with Gasteiger partial charge in [-0.25, -0.2) is 0 Å². The SMILES string of the molecule is COc1cccn(CC(=O)NC(c2ccccc2)c2ccccc2)c1=O. The third-order valence-electron chi connectivity index (χ3n) is 4.09. The maximum absolute atomic E-state index is 12.6. The average Bonchev–Trinajstić information content (AvgIpc) is 2.69. The predicted molar refractivity (Wildman–Crippen MR) is 100 cm³/mol. The van der Waals surface area contributed by atoms with E-state index in [9.17, 15) is 9.59 Å². The Morgan fingerprint density at radius 2 is 1.54 bits per heavy atom. The van der Waals surface area contributed by atoms with Gasteiger partial charge in [-0.2, -0.15) is 0 Å². The highest BCUT2D eigenvalue weighted by molar-refractivity contribution is 5.76. The van der Waals surface area contributed by atoms with Gasteiger partial charge in [0, 0.05) is 6.20 Å². The lowest BCUT2D eigenvalue weighted by molar-refractivity contribution is -0.122. The van der Waals surface area contributed by atoms with Gasteiger partial charge in [0.25, 0.3) is 5.56 Å². The van der Waals surface area contributed by atoms with Crippen LogP contribution in [0.3, 0.4) is 0 Å². The van der Waals surface area contributed by atoms with Crippen LogP contribution in [0.1, 0.15) is 17.2 Å². The summed E-state index contributed by atoms with van der Waals surface area (Å²) in [6.07, 6.45) is 1.57. The summed E-state index contributed by atoms with van der Waals surface area (Å²) >= 11 is 0. The molecule has 0 unspecified atom stereocenters. The minimum absolute atomic E-state index is 0.0772. The number of nitrogens with one attached hydrogen (secondary N) is 1. The van der Waals surface area contributed by atoms with Crippen molar-refractivity contribution in [2.45, 2.75) is 12.6 Å². The quantitative estimate of drug-likeness (QED) is 0.745. The van der Waals surface area contributed by atoms with Crippen molar-refractivity contribution in [2.75, 3.05) is 7.11 Å². The monoisotopic (exact) mass is 348 g/mol. The van der Waals surface area contributed by atoms with Gasteiger partial charge in [0.1, 0.15) is 6.54 Å². The van der Waals surface area contributed by atoms with E-state index in [0.29, 0.717) is 0 Å². The molecule has 0 bridgehead atoms. The Bertz CT molecular complexity index is 881.